The molecule has 7 heteroatoms. The van der Waals surface area contributed by atoms with Crippen LogP contribution in [0.4, 0.5) is 5.69 Å². The van der Waals surface area contributed by atoms with E-state index in [-0.39, 0.29) is 18.9 Å². The first kappa shape index (κ1) is 15.8. The van der Waals surface area contributed by atoms with Gasteiger partial charge in [0.15, 0.2) is 0 Å². The van der Waals surface area contributed by atoms with Gasteiger partial charge in [0.2, 0.25) is 0 Å². The molecule has 0 aliphatic carbocycles. The number of hydrogen-bond donors (Lipinski definition) is 2. The molecule has 0 bridgehead atoms. The zero-order valence-corrected chi connectivity index (χ0v) is 11.2. The fourth-order valence-corrected chi connectivity index (χ4v) is 2.07. The highest BCUT2D eigenvalue weighted by atomic mass is 35.5. The number of hydrogen-bond acceptors (Lipinski definition) is 5. The summed E-state index contributed by atoms with van der Waals surface area (Å²) in [4.78, 5) is 12.0. The highest BCUT2D eigenvalue weighted by Gasteiger charge is 2.15. The third kappa shape index (κ3) is 5.12. The van der Waals surface area contributed by atoms with Crippen molar-refractivity contribution < 1.29 is 15.1 Å². The third-order valence-electron chi connectivity index (χ3n) is 2.69. The predicted octanol–water partition coefficient (Wildman–Crippen LogP) is 1.16. The van der Waals surface area contributed by atoms with Crippen LogP contribution < -0.4 is 0 Å². The Morgan fingerprint density at radius 2 is 1.95 bits per heavy atom. The van der Waals surface area contributed by atoms with Crippen molar-refractivity contribution in [1.29, 1.82) is 0 Å². The van der Waals surface area contributed by atoms with Crippen LogP contribution in [0.2, 0.25) is 0 Å². The Bertz CT molecular complexity index is 410. The number of benzene rings is 1. The molecule has 1 atom stereocenters. The number of nitrogens with zero attached hydrogens (tertiary/aromatic N) is 2. The lowest BCUT2D eigenvalue weighted by Crippen LogP contribution is -2.32. The zero-order valence-electron chi connectivity index (χ0n) is 10.4. The Kier molecular flexibility index (Phi) is 6.72. The van der Waals surface area contributed by atoms with E-state index in [1.165, 1.54) is 12.1 Å². The molecule has 0 aromatic heterocycles. The number of aliphatic hydroxyl groups is 2. The van der Waals surface area contributed by atoms with Crippen molar-refractivity contribution in [3.05, 3.63) is 39.9 Å². The van der Waals surface area contributed by atoms with Gasteiger partial charge in [-0.05, 0) is 5.56 Å². The third-order valence-corrected chi connectivity index (χ3v) is 3.08. The Labute approximate surface area is 116 Å². The molecule has 0 radical (unpaired) electrons. The van der Waals surface area contributed by atoms with Gasteiger partial charge in [-0.1, -0.05) is 12.1 Å². The van der Waals surface area contributed by atoms with Crippen LogP contribution >= 0.6 is 11.6 Å². The van der Waals surface area contributed by atoms with Crippen molar-refractivity contribution in [2.24, 2.45) is 0 Å². The predicted molar refractivity (Wildman–Crippen MR) is 72.3 cm³/mol. The molecule has 0 saturated heterocycles. The van der Waals surface area contributed by atoms with Crippen LogP contribution in [0.1, 0.15) is 10.9 Å². The molecule has 106 valence electrons. The first-order valence-electron chi connectivity index (χ1n) is 5.91. The lowest BCUT2D eigenvalue weighted by Gasteiger charge is -2.23. The van der Waals surface area contributed by atoms with E-state index in [1.54, 1.807) is 17.0 Å². The minimum Gasteiger partial charge on any atom is -0.395 e. The molecule has 2 N–H and O–H groups in total. The van der Waals surface area contributed by atoms with Gasteiger partial charge >= 0.3 is 0 Å². The lowest BCUT2D eigenvalue weighted by atomic mass is 10.1. The van der Waals surface area contributed by atoms with Crippen LogP contribution in [0, 0.1) is 10.1 Å². The monoisotopic (exact) mass is 288 g/mol. The van der Waals surface area contributed by atoms with Gasteiger partial charge in [0.05, 0.1) is 23.5 Å². The van der Waals surface area contributed by atoms with Gasteiger partial charge in [-0.15, -0.1) is 11.6 Å². The fraction of sp³-hybridized carbons (Fsp3) is 0.500. The average molecular weight is 289 g/mol. The number of aliphatic hydroxyl groups excluding tert-OH is 2. The Hall–Kier alpha value is -1.21. The van der Waals surface area contributed by atoms with E-state index in [0.29, 0.717) is 25.2 Å². The van der Waals surface area contributed by atoms with Gasteiger partial charge in [0.25, 0.3) is 5.69 Å². The number of rotatable bonds is 8. The maximum absolute atomic E-state index is 10.7. The van der Waals surface area contributed by atoms with Gasteiger partial charge in [0, 0.05) is 31.8 Å². The van der Waals surface area contributed by atoms with Gasteiger partial charge in [-0.3, -0.25) is 15.0 Å². The summed E-state index contributed by atoms with van der Waals surface area (Å²) in [6.07, 6.45) is 0. The molecular weight excluding hydrogens is 272 g/mol. The number of non-ortho nitro benzene ring substituents is 1. The van der Waals surface area contributed by atoms with Crippen molar-refractivity contribution in [3.63, 3.8) is 0 Å². The van der Waals surface area contributed by atoms with E-state index in [2.05, 4.69) is 0 Å². The fourth-order valence-electron chi connectivity index (χ4n) is 1.74. The number of nitro groups is 1. The Morgan fingerprint density at radius 1 is 1.32 bits per heavy atom. The van der Waals surface area contributed by atoms with Crippen molar-refractivity contribution in [1.82, 2.24) is 4.90 Å². The topological polar surface area (TPSA) is 86.8 Å². The molecule has 0 spiro atoms. The highest BCUT2D eigenvalue weighted by Crippen LogP contribution is 2.25. The second kappa shape index (κ2) is 8.06. The Balaban J connectivity index is 2.72. The van der Waals surface area contributed by atoms with Crippen LogP contribution in [-0.2, 0) is 0 Å². The molecule has 0 heterocycles. The molecule has 0 amide bonds. The van der Waals surface area contributed by atoms with Gasteiger partial charge < -0.3 is 10.2 Å². The van der Waals surface area contributed by atoms with E-state index in [4.69, 9.17) is 21.8 Å². The summed E-state index contributed by atoms with van der Waals surface area (Å²) in [6, 6.07) is 6.16. The molecule has 6 nitrogen and oxygen atoms in total. The van der Waals surface area contributed by atoms with Crippen LogP contribution in [0.5, 0.6) is 0 Å². The highest BCUT2D eigenvalue weighted by molar-refractivity contribution is 6.21. The number of alkyl halides is 1. The maximum Gasteiger partial charge on any atom is 0.269 e. The van der Waals surface area contributed by atoms with E-state index < -0.39 is 10.3 Å². The first-order valence-corrected chi connectivity index (χ1v) is 6.34. The van der Waals surface area contributed by atoms with Gasteiger partial charge in [-0.25, -0.2) is 0 Å². The van der Waals surface area contributed by atoms with Crippen LogP contribution in [0.25, 0.3) is 0 Å². The summed E-state index contributed by atoms with van der Waals surface area (Å²) < 4.78 is 0. The van der Waals surface area contributed by atoms with Gasteiger partial charge in [-0.2, -0.15) is 0 Å². The van der Waals surface area contributed by atoms with Crippen molar-refractivity contribution in [2.75, 3.05) is 32.8 Å². The van der Waals surface area contributed by atoms with Crippen LogP contribution in [0.3, 0.4) is 0 Å². The molecule has 0 aliphatic heterocycles. The molecule has 1 unspecified atom stereocenters. The smallest absolute Gasteiger partial charge is 0.269 e. The zero-order chi connectivity index (χ0) is 14.3. The van der Waals surface area contributed by atoms with E-state index >= 15 is 0 Å². The van der Waals surface area contributed by atoms with E-state index in [9.17, 15) is 10.1 Å². The molecular formula is C12H17ClN2O4. The van der Waals surface area contributed by atoms with Crippen molar-refractivity contribution >= 4 is 17.3 Å². The second-order valence-corrected chi connectivity index (χ2v) is 4.59. The molecule has 1 rings (SSSR count). The van der Waals surface area contributed by atoms with Crippen LogP contribution in [-0.4, -0.2) is 52.9 Å². The number of nitro benzene ring substituents is 1. The summed E-state index contributed by atoms with van der Waals surface area (Å²) >= 11 is 6.22. The lowest BCUT2D eigenvalue weighted by molar-refractivity contribution is -0.384. The summed E-state index contributed by atoms with van der Waals surface area (Å²) in [5.74, 6) is 0. The first-order chi connectivity index (χ1) is 9.08. The van der Waals surface area contributed by atoms with Gasteiger partial charge in [0.1, 0.15) is 0 Å². The summed E-state index contributed by atoms with van der Waals surface area (Å²) in [5.41, 5.74) is 0.649. The summed E-state index contributed by atoms with van der Waals surface area (Å²) in [6.45, 7) is 1.15. The molecule has 1 aromatic rings. The SMILES string of the molecule is O=[N+]([O-])c1cccc(C(Cl)CN(CCO)CCO)c1. The number of halogens is 1. The summed E-state index contributed by atoms with van der Waals surface area (Å²) in [7, 11) is 0. The van der Waals surface area contributed by atoms with Crippen LogP contribution in [0.15, 0.2) is 24.3 Å². The average Bonchev–Trinajstić information content (AvgIpc) is 2.39. The van der Waals surface area contributed by atoms with Crippen molar-refractivity contribution in [3.8, 4) is 0 Å². The van der Waals surface area contributed by atoms with E-state index in [1.807, 2.05) is 0 Å². The molecule has 19 heavy (non-hydrogen) atoms. The molecule has 0 saturated carbocycles. The molecule has 0 fully saturated rings. The molecule has 0 aliphatic rings. The standard InChI is InChI=1S/C12H17ClN2O4/c13-12(9-14(4-6-16)5-7-17)10-2-1-3-11(8-10)15(18)19/h1-3,8,12,16-17H,4-7,9H2. The quantitative estimate of drug-likeness (QED) is 0.426. The van der Waals surface area contributed by atoms with E-state index in [0.717, 1.165) is 0 Å². The van der Waals surface area contributed by atoms with Crippen molar-refractivity contribution in [2.45, 2.75) is 5.38 Å². The minimum absolute atomic E-state index is 0.000911. The Morgan fingerprint density at radius 3 is 2.47 bits per heavy atom. The summed E-state index contributed by atoms with van der Waals surface area (Å²) in [5, 5.41) is 28.1. The normalized spacial score (nSPS) is 12.6. The maximum atomic E-state index is 10.7. The largest absolute Gasteiger partial charge is 0.395 e. The second-order valence-electron chi connectivity index (χ2n) is 4.07. The molecule has 1 aromatic carbocycles. The minimum atomic E-state index is -0.466.